The van der Waals surface area contributed by atoms with Gasteiger partial charge in [0.1, 0.15) is 5.75 Å². The molecule has 3 heteroatoms. The second-order valence-corrected chi connectivity index (χ2v) is 6.86. The molecule has 0 aromatic heterocycles. The summed E-state index contributed by atoms with van der Waals surface area (Å²) < 4.78 is 5.34. The Morgan fingerprint density at radius 3 is 2.90 bits per heavy atom. The predicted molar refractivity (Wildman–Crippen MR) is 93.5 cm³/mol. The van der Waals surface area contributed by atoms with Crippen LogP contribution < -0.4 is 10.1 Å². The minimum absolute atomic E-state index is 0.547. The maximum Gasteiger partial charge on any atom is 0.119 e. The molecule has 1 N–H and O–H groups in total. The van der Waals surface area contributed by atoms with Gasteiger partial charge in [-0.2, -0.15) is 11.8 Å². The number of aryl methyl sites for hydroxylation is 1. The van der Waals surface area contributed by atoms with Gasteiger partial charge in [0.05, 0.1) is 7.11 Å². The first-order valence-electron chi connectivity index (χ1n) is 8.24. The molecular formula is C18H29NOS. The number of thioether (sulfide) groups is 1. The minimum atomic E-state index is 0.547. The zero-order chi connectivity index (χ0) is 14.9. The Balaban J connectivity index is 1.75. The molecule has 1 aliphatic rings. The minimum Gasteiger partial charge on any atom is -0.497 e. The summed E-state index contributed by atoms with van der Waals surface area (Å²) in [6.45, 7) is 1.15. The molecule has 0 saturated heterocycles. The van der Waals surface area contributed by atoms with Crippen LogP contribution in [0.25, 0.3) is 0 Å². The normalized spacial score (nSPS) is 17.5. The second-order valence-electron chi connectivity index (χ2n) is 5.87. The van der Waals surface area contributed by atoms with Gasteiger partial charge in [0.25, 0.3) is 0 Å². The maximum absolute atomic E-state index is 5.34. The predicted octanol–water partition coefficient (Wildman–Crippen LogP) is 4.59. The highest BCUT2D eigenvalue weighted by Gasteiger charge is 2.19. The molecule has 2 nitrogen and oxygen atoms in total. The van der Waals surface area contributed by atoms with Gasteiger partial charge in [0.2, 0.25) is 0 Å². The maximum atomic E-state index is 5.34. The van der Waals surface area contributed by atoms with Crippen molar-refractivity contribution >= 4 is 11.8 Å². The summed E-state index contributed by atoms with van der Waals surface area (Å²) in [5, 5.41) is 3.76. The van der Waals surface area contributed by atoms with Crippen LogP contribution in [0.1, 0.15) is 55.7 Å². The lowest BCUT2D eigenvalue weighted by atomic mass is 9.87. The number of ether oxygens (including phenoxy) is 1. The van der Waals surface area contributed by atoms with Crippen LogP contribution >= 0.6 is 11.8 Å². The standard InChI is InChI=1S/C18H29NOS/c1-20-16-10-11-17-15(14-16)8-7-9-18(17)19-12-5-3-4-6-13-21-2/h10-11,14,18-19H,3-9,12-13H2,1-2H3. The van der Waals surface area contributed by atoms with E-state index < -0.39 is 0 Å². The largest absolute Gasteiger partial charge is 0.497 e. The smallest absolute Gasteiger partial charge is 0.119 e. The van der Waals surface area contributed by atoms with Gasteiger partial charge in [-0.05, 0) is 73.9 Å². The van der Waals surface area contributed by atoms with Crippen LogP contribution in [0.4, 0.5) is 0 Å². The Labute approximate surface area is 134 Å². The Bertz CT molecular complexity index is 422. The summed E-state index contributed by atoms with van der Waals surface area (Å²) in [6.07, 6.45) is 11.3. The molecule has 0 aliphatic heterocycles. The molecule has 1 atom stereocenters. The van der Waals surface area contributed by atoms with Gasteiger partial charge in [-0.3, -0.25) is 0 Å². The molecule has 1 aromatic rings. The Kier molecular flexibility index (Phi) is 7.45. The van der Waals surface area contributed by atoms with E-state index in [-0.39, 0.29) is 0 Å². The molecule has 1 aliphatic carbocycles. The first-order valence-corrected chi connectivity index (χ1v) is 9.63. The first-order chi connectivity index (χ1) is 10.3. The van der Waals surface area contributed by atoms with Crippen LogP contribution in [-0.4, -0.2) is 25.7 Å². The fourth-order valence-corrected chi connectivity index (χ4v) is 3.62. The van der Waals surface area contributed by atoms with Gasteiger partial charge in [-0.15, -0.1) is 0 Å². The third kappa shape index (κ3) is 5.23. The lowest BCUT2D eigenvalue weighted by molar-refractivity contribution is 0.410. The molecule has 0 spiro atoms. The lowest BCUT2D eigenvalue weighted by Gasteiger charge is -2.27. The van der Waals surface area contributed by atoms with E-state index in [0.29, 0.717) is 6.04 Å². The monoisotopic (exact) mass is 307 g/mol. The molecule has 1 unspecified atom stereocenters. The highest BCUT2D eigenvalue weighted by molar-refractivity contribution is 7.98. The quantitative estimate of drug-likeness (QED) is 0.674. The van der Waals surface area contributed by atoms with Crippen molar-refractivity contribution in [2.75, 3.05) is 25.7 Å². The highest BCUT2D eigenvalue weighted by Crippen LogP contribution is 2.32. The lowest BCUT2D eigenvalue weighted by Crippen LogP contribution is -2.26. The van der Waals surface area contributed by atoms with Crippen molar-refractivity contribution in [2.24, 2.45) is 0 Å². The molecule has 2 rings (SSSR count). The van der Waals surface area contributed by atoms with Crippen molar-refractivity contribution in [3.63, 3.8) is 0 Å². The average molecular weight is 308 g/mol. The Hall–Kier alpha value is -0.670. The summed E-state index contributed by atoms with van der Waals surface area (Å²) in [5.74, 6) is 2.30. The summed E-state index contributed by atoms with van der Waals surface area (Å²) in [6, 6.07) is 7.11. The molecule has 0 heterocycles. The van der Waals surface area contributed by atoms with Crippen molar-refractivity contribution < 1.29 is 4.74 Å². The average Bonchev–Trinajstić information content (AvgIpc) is 2.53. The SMILES string of the molecule is COc1ccc2c(c1)CCCC2NCCCCCCSC. The third-order valence-corrected chi connectivity index (χ3v) is 5.03. The second kappa shape index (κ2) is 9.37. The van der Waals surface area contributed by atoms with Crippen molar-refractivity contribution in [3.05, 3.63) is 29.3 Å². The third-order valence-electron chi connectivity index (χ3n) is 4.33. The molecule has 118 valence electrons. The molecule has 0 amide bonds. The molecule has 1 aromatic carbocycles. The van der Waals surface area contributed by atoms with Gasteiger partial charge in [-0.1, -0.05) is 18.9 Å². The van der Waals surface area contributed by atoms with E-state index in [1.165, 1.54) is 61.8 Å². The highest BCUT2D eigenvalue weighted by atomic mass is 32.2. The van der Waals surface area contributed by atoms with Crippen LogP contribution in [0, 0.1) is 0 Å². The fraction of sp³-hybridized carbons (Fsp3) is 0.667. The van der Waals surface area contributed by atoms with E-state index in [9.17, 15) is 0 Å². The van der Waals surface area contributed by atoms with Crippen LogP contribution in [-0.2, 0) is 6.42 Å². The van der Waals surface area contributed by atoms with Crippen molar-refractivity contribution in [1.82, 2.24) is 5.32 Å². The summed E-state index contributed by atoms with van der Waals surface area (Å²) in [4.78, 5) is 0. The van der Waals surface area contributed by atoms with Crippen LogP contribution in [0.2, 0.25) is 0 Å². The fourth-order valence-electron chi connectivity index (χ4n) is 3.13. The number of fused-ring (bicyclic) bond motifs is 1. The van der Waals surface area contributed by atoms with Gasteiger partial charge < -0.3 is 10.1 Å². The number of benzene rings is 1. The number of methoxy groups -OCH3 is 1. The van der Waals surface area contributed by atoms with Crippen LogP contribution in [0.5, 0.6) is 5.75 Å². The Morgan fingerprint density at radius 1 is 1.24 bits per heavy atom. The summed E-state index contributed by atoms with van der Waals surface area (Å²) >= 11 is 1.96. The Morgan fingerprint density at radius 2 is 2.10 bits per heavy atom. The zero-order valence-corrected chi connectivity index (χ0v) is 14.3. The molecular weight excluding hydrogens is 278 g/mol. The van der Waals surface area contributed by atoms with Crippen LogP contribution in [0.3, 0.4) is 0 Å². The molecule has 21 heavy (non-hydrogen) atoms. The van der Waals surface area contributed by atoms with E-state index in [2.05, 4.69) is 29.8 Å². The van der Waals surface area contributed by atoms with E-state index >= 15 is 0 Å². The number of hydrogen-bond acceptors (Lipinski definition) is 3. The van der Waals surface area contributed by atoms with E-state index in [1.54, 1.807) is 7.11 Å². The summed E-state index contributed by atoms with van der Waals surface area (Å²) in [7, 11) is 1.75. The molecule has 0 fully saturated rings. The van der Waals surface area contributed by atoms with Gasteiger partial charge in [0.15, 0.2) is 0 Å². The number of rotatable bonds is 9. The van der Waals surface area contributed by atoms with Crippen molar-refractivity contribution in [2.45, 2.75) is 51.0 Å². The van der Waals surface area contributed by atoms with Gasteiger partial charge in [0, 0.05) is 6.04 Å². The van der Waals surface area contributed by atoms with Crippen molar-refractivity contribution in [3.8, 4) is 5.75 Å². The van der Waals surface area contributed by atoms with Crippen LogP contribution in [0.15, 0.2) is 18.2 Å². The number of nitrogens with one attached hydrogen (secondary N) is 1. The number of unbranched alkanes of at least 4 members (excludes halogenated alkanes) is 3. The molecule has 0 bridgehead atoms. The first kappa shape index (κ1) is 16.7. The van der Waals surface area contributed by atoms with E-state index in [1.807, 2.05) is 11.8 Å². The summed E-state index contributed by atoms with van der Waals surface area (Å²) in [5.41, 5.74) is 2.96. The zero-order valence-electron chi connectivity index (χ0n) is 13.5. The molecule has 0 radical (unpaired) electrons. The topological polar surface area (TPSA) is 21.3 Å². The van der Waals surface area contributed by atoms with Gasteiger partial charge >= 0.3 is 0 Å². The van der Waals surface area contributed by atoms with Gasteiger partial charge in [-0.25, -0.2) is 0 Å². The van der Waals surface area contributed by atoms with Crippen molar-refractivity contribution in [1.29, 1.82) is 0 Å². The van der Waals surface area contributed by atoms with E-state index in [0.717, 1.165) is 12.3 Å². The van der Waals surface area contributed by atoms with E-state index in [4.69, 9.17) is 4.74 Å². The number of hydrogen-bond donors (Lipinski definition) is 1. The molecule has 0 saturated carbocycles.